The van der Waals surface area contributed by atoms with E-state index in [0.717, 1.165) is 33.7 Å². The number of rotatable bonds is 5. The van der Waals surface area contributed by atoms with Crippen LogP contribution in [0.15, 0.2) is 35.5 Å². The second-order valence-corrected chi connectivity index (χ2v) is 12.3. The van der Waals surface area contributed by atoms with E-state index in [1.54, 1.807) is 0 Å². The smallest absolute Gasteiger partial charge is 0.156 e. The Morgan fingerprint density at radius 2 is 2.00 bits per heavy atom. The molecule has 1 saturated heterocycles. The number of benzene rings is 1. The van der Waals surface area contributed by atoms with Crippen LogP contribution in [-0.4, -0.2) is 32.3 Å². The van der Waals surface area contributed by atoms with Crippen molar-refractivity contribution in [2.24, 2.45) is 16.6 Å². The number of aryl methyl sites for hydroxylation is 2. The summed E-state index contributed by atoms with van der Waals surface area (Å²) in [6, 6.07) is 9.84. The highest BCUT2D eigenvalue weighted by molar-refractivity contribution is 7.22. The van der Waals surface area contributed by atoms with Gasteiger partial charge in [-0.3, -0.25) is 0 Å². The van der Waals surface area contributed by atoms with Gasteiger partial charge in [0.15, 0.2) is 5.82 Å². The highest BCUT2D eigenvalue weighted by Gasteiger charge is 2.41. The van der Waals surface area contributed by atoms with Crippen molar-refractivity contribution in [3.63, 3.8) is 0 Å². The number of thiophene rings is 1. The molecule has 1 aliphatic carbocycles. The molecule has 2 fully saturated rings. The van der Waals surface area contributed by atoms with Gasteiger partial charge in [0.1, 0.15) is 10.7 Å². The summed E-state index contributed by atoms with van der Waals surface area (Å²) in [6.45, 7) is 8.80. The van der Waals surface area contributed by atoms with Gasteiger partial charge in [-0.15, -0.1) is 11.3 Å². The molecule has 194 valence electrons. The van der Waals surface area contributed by atoms with Crippen molar-refractivity contribution >= 4 is 44.7 Å². The van der Waals surface area contributed by atoms with Crippen LogP contribution in [0.3, 0.4) is 0 Å². The summed E-state index contributed by atoms with van der Waals surface area (Å²) in [5.74, 6) is 2.82. The monoisotopic (exact) mass is 523 g/mol. The van der Waals surface area contributed by atoms with E-state index < -0.39 is 0 Å². The lowest BCUT2D eigenvalue weighted by atomic mass is 9.94. The maximum Gasteiger partial charge on any atom is 0.156 e. The van der Waals surface area contributed by atoms with E-state index in [2.05, 4.69) is 70.3 Å². The number of imidazole rings is 1. The van der Waals surface area contributed by atoms with Gasteiger partial charge in [0, 0.05) is 28.1 Å². The van der Waals surface area contributed by atoms with Gasteiger partial charge in [0.2, 0.25) is 0 Å². The number of aromatic nitrogens is 4. The van der Waals surface area contributed by atoms with E-state index >= 15 is 0 Å². The summed E-state index contributed by atoms with van der Waals surface area (Å²) in [7, 11) is 0. The topological polar surface area (TPSA) is 108 Å². The minimum absolute atomic E-state index is 0.355. The molecule has 2 aliphatic rings. The molecular formula is C30H33N7S. The fourth-order valence-corrected chi connectivity index (χ4v) is 7.93. The molecule has 38 heavy (non-hydrogen) atoms. The number of hydrogen-bond donors (Lipinski definition) is 4. The molecular weight excluding hydrogens is 490 g/mol. The molecule has 7 rings (SSSR count). The largest absolute Gasteiger partial charge is 0.390 e. The minimum atomic E-state index is 0.355. The average molecular weight is 524 g/mol. The van der Waals surface area contributed by atoms with Crippen LogP contribution >= 0.6 is 11.3 Å². The number of nitrogens with zero attached hydrogens (tertiary/aromatic N) is 3. The second-order valence-electron chi connectivity index (χ2n) is 11.2. The van der Waals surface area contributed by atoms with Gasteiger partial charge >= 0.3 is 0 Å². The van der Waals surface area contributed by atoms with Gasteiger partial charge in [-0.2, -0.15) is 0 Å². The summed E-state index contributed by atoms with van der Waals surface area (Å²) in [4.78, 5) is 23.6. The zero-order valence-corrected chi connectivity index (χ0v) is 23.0. The summed E-state index contributed by atoms with van der Waals surface area (Å²) < 4.78 is 0. The SMILES string of the molecule is Cc1cc(-c2[nH]c3sc(-c4ccc5nc([C@H]6NC7CCC6C7)[nH]c5c4)c(C)c3c2C(C)C)cnc1N=CN. The fourth-order valence-electron chi connectivity index (χ4n) is 6.70. The number of aromatic amines is 2. The van der Waals surface area contributed by atoms with Crippen molar-refractivity contribution < 1.29 is 0 Å². The van der Waals surface area contributed by atoms with E-state index in [1.165, 1.54) is 57.4 Å². The average Bonchev–Trinajstić information content (AvgIpc) is 3.71. The third-order valence-corrected chi connectivity index (χ3v) is 9.71. The lowest BCUT2D eigenvalue weighted by Gasteiger charge is -2.20. The third kappa shape index (κ3) is 3.61. The van der Waals surface area contributed by atoms with Crippen molar-refractivity contribution in [2.75, 3.05) is 0 Å². The molecule has 1 aromatic carbocycles. The first-order valence-electron chi connectivity index (χ1n) is 13.5. The third-order valence-electron chi connectivity index (χ3n) is 8.45. The van der Waals surface area contributed by atoms with E-state index in [0.29, 0.717) is 29.7 Å². The summed E-state index contributed by atoms with van der Waals surface area (Å²) >= 11 is 1.83. The van der Waals surface area contributed by atoms with Crippen molar-refractivity contribution in [2.45, 2.75) is 65.0 Å². The number of piperidine rings is 1. The van der Waals surface area contributed by atoms with Gasteiger partial charge in [0.05, 0.1) is 29.1 Å². The maximum atomic E-state index is 5.49. The predicted molar refractivity (Wildman–Crippen MR) is 157 cm³/mol. The summed E-state index contributed by atoms with van der Waals surface area (Å²) in [6.07, 6.45) is 7.09. The van der Waals surface area contributed by atoms with Crippen molar-refractivity contribution in [1.29, 1.82) is 0 Å². The van der Waals surface area contributed by atoms with Crippen molar-refractivity contribution in [1.82, 2.24) is 25.3 Å². The summed E-state index contributed by atoms with van der Waals surface area (Å²) in [5.41, 5.74) is 14.8. The maximum absolute atomic E-state index is 5.49. The molecule has 0 amide bonds. The summed E-state index contributed by atoms with van der Waals surface area (Å²) in [5, 5.41) is 5.10. The second kappa shape index (κ2) is 8.78. The quantitative estimate of drug-likeness (QED) is 0.147. The molecule has 1 aliphatic heterocycles. The molecule has 2 bridgehead atoms. The Morgan fingerprint density at radius 1 is 1.13 bits per heavy atom. The minimum Gasteiger partial charge on any atom is -0.390 e. The standard InChI is InChI=1S/C30H33N7S/c1-14(2)23-24-16(4)27(38-30(24)37-25(23)19-9-15(3)28(32-12-19)33-13-31)18-6-8-21-22(11-18)36-29(35-21)26-17-5-7-20(10-17)34-26/h6,8-9,11-14,17,20,26,34,37H,5,7,10H2,1-4H3,(H,35,36)(H2,31,32,33)/t17?,20?,26-/m0/s1. The Balaban J connectivity index is 1.29. The first kappa shape index (κ1) is 23.6. The predicted octanol–water partition coefficient (Wildman–Crippen LogP) is 7.01. The Hall–Kier alpha value is -3.49. The lowest BCUT2D eigenvalue weighted by Crippen LogP contribution is -2.29. The Bertz CT molecular complexity index is 1720. The van der Waals surface area contributed by atoms with Crippen LogP contribution in [0.2, 0.25) is 0 Å². The number of pyridine rings is 1. The normalized spacial score (nSPS) is 21.2. The van der Waals surface area contributed by atoms with Gasteiger partial charge in [-0.25, -0.2) is 15.0 Å². The molecule has 4 aromatic heterocycles. The van der Waals surface area contributed by atoms with E-state index in [9.17, 15) is 0 Å². The Kier molecular flexibility index (Phi) is 5.46. The van der Waals surface area contributed by atoms with Gasteiger partial charge in [-0.05, 0) is 85.4 Å². The molecule has 1 saturated carbocycles. The number of H-pyrrole nitrogens is 2. The number of hydrogen-bond acceptors (Lipinski definition) is 5. The van der Waals surface area contributed by atoms with Crippen LogP contribution < -0.4 is 11.1 Å². The first-order valence-corrected chi connectivity index (χ1v) is 14.3. The first-order chi connectivity index (χ1) is 18.4. The molecule has 5 heterocycles. The number of nitrogens with two attached hydrogens (primary N) is 1. The van der Waals surface area contributed by atoms with E-state index in [-0.39, 0.29) is 0 Å². The van der Waals surface area contributed by atoms with Gasteiger partial charge in [0.25, 0.3) is 0 Å². The molecule has 3 atom stereocenters. The van der Waals surface area contributed by atoms with Crippen molar-refractivity contribution in [3.8, 4) is 21.7 Å². The van der Waals surface area contributed by atoms with Crippen LogP contribution in [0, 0.1) is 19.8 Å². The molecule has 0 spiro atoms. The molecule has 0 radical (unpaired) electrons. The zero-order valence-electron chi connectivity index (χ0n) is 22.2. The van der Waals surface area contributed by atoms with Crippen LogP contribution in [0.1, 0.15) is 67.6 Å². The Labute approximate surface area is 226 Å². The number of fused-ring (bicyclic) bond motifs is 4. The highest BCUT2D eigenvalue weighted by Crippen LogP contribution is 2.46. The molecule has 2 unspecified atom stereocenters. The molecule has 5 N–H and O–H groups in total. The Morgan fingerprint density at radius 3 is 2.71 bits per heavy atom. The van der Waals surface area contributed by atoms with Crippen LogP contribution in [0.5, 0.6) is 0 Å². The van der Waals surface area contributed by atoms with Gasteiger partial charge < -0.3 is 21.0 Å². The molecule has 8 heteroatoms. The van der Waals surface area contributed by atoms with E-state index in [1.807, 2.05) is 24.5 Å². The van der Waals surface area contributed by atoms with E-state index in [4.69, 9.17) is 10.7 Å². The molecule has 5 aromatic rings. The van der Waals surface area contributed by atoms with Gasteiger partial charge in [-0.1, -0.05) is 19.9 Å². The fraction of sp³-hybridized carbons (Fsp3) is 0.367. The number of nitrogens with one attached hydrogen (secondary N) is 3. The van der Waals surface area contributed by atoms with Crippen LogP contribution in [0.4, 0.5) is 5.82 Å². The zero-order chi connectivity index (χ0) is 26.1. The highest BCUT2D eigenvalue weighted by atomic mass is 32.1. The lowest BCUT2D eigenvalue weighted by molar-refractivity contribution is 0.380. The number of aliphatic imine (C=N–C) groups is 1. The molecule has 7 nitrogen and oxygen atoms in total. The van der Waals surface area contributed by atoms with Crippen LogP contribution in [0.25, 0.3) is 42.9 Å². The van der Waals surface area contributed by atoms with Crippen LogP contribution in [-0.2, 0) is 0 Å². The van der Waals surface area contributed by atoms with Crippen molar-refractivity contribution in [3.05, 3.63) is 53.0 Å².